The molecule has 0 aromatic rings. The van der Waals surface area contributed by atoms with Gasteiger partial charge in [0.05, 0.1) is 5.71 Å². The molecule has 0 radical (unpaired) electrons. The minimum atomic E-state index is 0.563. The first-order chi connectivity index (χ1) is 8.79. The molecule has 0 fully saturated rings. The summed E-state index contributed by atoms with van der Waals surface area (Å²) in [5, 5.41) is 8.44. The zero-order valence-electron chi connectivity index (χ0n) is 12.5. The van der Waals surface area contributed by atoms with Gasteiger partial charge in [-0.15, -0.1) is 0 Å². The second-order valence-corrected chi connectivity index (χ2v) is 4.28. The summed E-state index contributed by atoms with van der Waals surface area (Å²) in [6, 6.07) is 0. The number of hydrogen-bond donors (Lipinski definition) is 1. The number of nitrogens with zero attached hydrogens (tertiary/aromatic N) is 2. The molecule has 0 aromatic carbocycles. The van der Waals surface area contributed by atoms with Crippen LogP contribution >= 0.6 is 12.6 Å². The Labute approximate surface area is 118 Å². The summed E-state index contributed by atoms with van der Waals surface area (Å²) in [4.78, 5) is 0. The van der Waals surface area contributed by atoms with Crippen molar-refractivity contribution in [3.8, 4) is 0 Å². The highest BCUT2D eigenvalue weighted by Gasteiger charge is 2.23. The topological polar surface area (TPSA) is 24.7 Å². The van der Waals surface area contributed by atoms with Gasteiger partial charge in [0.15, 0.2) is 0 Å². The fourth-order valence-electron chi connectivity index (χ4n) is 2.34. The second-order valence-electron chi connectivity index (χ2n) is 4.28. The van der Waals surface area contributed by atoms with E-state index in [1.165, 1.54) is 43.4 Å². The lowest BCUT2D eigenvalue weighted by molar-refractivity contribution is 0.584. The Balaban J connectivity index is 0.000000659. The molecule has 2 rings (SSSR count). The highest BCUT2D eigenvalue weighted by atomic mass is 32.1. The van der Waals surface area contributed by atoms with Crippen LogP contribution in [0.15, 0.2) is 21.9 Å². The maximum absolute atomic E-state index is 4.23. The number of fused-ring (bicyclic) bond motifs is 1. The van der Waals surface area contributed by atoms with Gasteiger partial charge in [-0.1, -0.05) is 32.8 Å². The van der Waals surface area contributed by atoms with E-state index < -0.39 is 0 Å². The van der Waals surface area contributed by atoms with Crippen molar-refractivity contribution in [2.24, 2.45) is 16.1 Å². The van der Waals surface area contributed by atoms with Gasteiger partial charge < -0.3 is 0 Å². The molecule has 0 aromatic heterocycles. The molecule has 0 saturated heterocycles. The van der Waals surface area contributed by atoms with Crippen molar-refractivity contribution in [2.75, 3.05) is 6.26 Å². The highest BCUT2D eigenvalue weighted by molar-refractivity contribution is 7.79. The quantitative estimate of drug-likeness (QED) is 0.603. The van der Waals surface area contributed by atoms with E-state index in [-0.39, 0.29) is 0 Å². The summed E-state index contributed by atoms with van der Waals surface area (Å²) in [5.74, 6) is 0.563. The molecule has 0 amide bonds. The SMILES string of the molecule is CC.CC1=NN=C(C)C2CCCCC/C=C/12.CS. The summed E-state index contributed by atoms with van der Waals surface area (Å²) in [6.07, 6.45) is 10.6. The Morgan fingerprint density at radius 3 is 2.39 bits per heavy atom. The minimum absolute atomic E-state index is 0.563. The molecule has 0 spiro atoms. The normalized spacial score (nSPS) is 25.2. The summed E-state index contributed by atoms with van der Waals surface area (Å²) in [5.41, 5.74) is 3.77. The van der Waals surface area contributed by atoms with E-state index in [9.17, 15) is 0 Å². The smallest absolute Gasteiger partial charge is 0.0635 e. The largest absolute Gasteiger partial charge is 0.183 e. The summed E-state index contributed by atoms with van der Waals surface area (Å²) >= 11 is 3.53. The molecule has 0 saturated carbocycles. The van der Waals surface area contributed by atoms with Gasteiger partial charge in [0.25, 0.3) is 0 Å². The second kappa shape index (κ2) is 10.4. The van der Waals surface area contributed by atoms with E-state index in [1.807, 2.05) is 13.8 Å². The first kappa shape index (κ1) is 17.4. The molecule has 2 aliphatic rings. The van der Waals surface area contributed by atoms with Crippen LogP contribution in [0.4, 0.5) is 0 Å². The predicted molar refractivity (Wildman–Crippen MR) is 87.1 cm³/mol. The number of rotatable bonds is 0. The summed E-state index contributed by atoms with van der Waals surface area (Å²) < 4.78 is 0. The third kappa shape index (κ3) is 4.97. The van der Waals surface area contributed by atoms with Crippen molar-refractivity contribution < 1.29 is 0 Å². The minimum Gasteiger partial charge on any atom is -0.183 e. The third-order valence-corrected chi connectivity index (χ3v) is 3.22. The van der Waals surface area contributed by atoms with Gasteiger partial charge >= 0.3 is 0 Å². The lowest BCUT2D eigenvalue weighted by Crippen LogP contribution is -2.22. The zero-order valence-corrected chi connectivity index (χ0v) is 13.4. The average molecular weight is 268 g/mol. The van der Waals surface area contributed by atoms with Crippen LogP contribution in [0.2, 0.25) is 0 Å². The molecular weight excluding hydrogens is 240 g/mol. The van der Waals surface area contributed by atoms with E-state index in [0.29, 0.717) is 5.92 Å². The van der Waals surface area contributed by atoms with Crippen molar-refractivity contribution in [1.29, 1.82) is 0 Å². The van der Waals surface area contributed by atoms with Gasteiger partial charge in [0.2, 0.25) is 0 Å². The van der Waals surface area contributed by atoms with E-state index in [1.54, 1.807) is 6.26 Å². The Morgan fingerprint density at radius 1 is 1.06 bits per heavy atom. The molecule has 1 aliphatic heterocycles. The number of allylic oxidation sites excluding steroid dienone is 2. The van der Waals surface area contributed by atoms with Crippen LogP contribution in [-0.4, -0.2) is 17.7 Å². The summed E-state index contributed by atoms with van der Waals surface area (Å²) in [6.45, 7) is 8.19. The molecule has 2 nitrogen and oxygen atoms in total. The molecule has 1 aliphatic carbocycles. The molecule has 0 N–H and O–H groups in total. The van der Waals surface area contributed by atoms with Gasteiger partial charge in [-0.3, -0.25) is 0 Å². The third-order valence-electron chi connectivity index (χ3n) is 3.22. The van der Waals surface area contributed by atoms with E-state index in [2.05, 4.69) is 42.8 Å². The fourth-order valence-corrected chi connectivity index (χ4v) is 2.34. The zero-order chi connectivity index (χ0) is 14.0. The number of thiol groups is 1. The van der Waals surface area contributed by atoms with E-state index >= 15 is 0 Å². The predicted octanol–water partition coefficient (Wildman–Crippen LogP) is 4.92. The molecule has 1 unspecified atom stereocenters. The van der Waals surface area contributed by atoms with Crippen LogP contribution in [0.1, 0.15) is 59.8 Å². The van der Waals surface area contributed by atoms with Crippen molar-refractivity contribution in [2.45, 2.75) is 59.8 Å². The molecule has 1 heterocycles. The molecule has 3 heteroatoms. The van der Waals surface area contributed by atoms with Gasteiger partial charge in [-0.2, -0.15) is 22.8 Å². The van der Waals surface area contributed by atoms with Crippen molar-refractivity contribution in [3.05, 3.63) is 11.6 Å². The standard InChI is InChI=1S/C12H18N2.C2H6.CH4S/c1-9-11-7-5-3-4-6-8-12(11)10(2)14-13-9;2*1-2/h7,12H,3-6,8H2,1-2H3;1-2H3;2H,1H3/b11-7-;;. The van der Waals surface area contributed by atoms with Gasteiger partial charge in [-0.05, 0) is 44.9 Å². The van der Waals surface area contributed by atoms with Crippen molar-refractivity contribution in [1.82, 2.24) is 0 Å². The van der Waals surface area contributed by atoms with Crippen molar-refractivity contribution >= 4 is 24.1 Å². The van der Waals surface area contributed by atoms with Crippen LogP contribution in [-0.2, 0) is 0 Å². The van der Waals surface area contributed by atoms with E-state index in [0.717, 1.165) is 5.71 Å². The van der Waals surface area contributed by atoms with Gasteiger partial charge in [0.1, 0.15) is 0 Å². The Kier molecular flexibility index (Phi) is 10.0. The van der Waals surface area contributed by atoms with Gasteiger partial charge in [0, 0.05) is 11.6 Å². The lowest BCUT2D eigenvalue weighted by atomic mass is 9.83. The number of hydrogen-bond acceptors (Lipinski definition) is 3. The monoisotopic (exact) mass is 268 g/mol. The molecular formula is C15H28N2S. The van der Waals surface area contributed by atoms with E-state index in [4.69, 9.17) is 0 Å². The first-order valence-corrected chi connectivity index (χ1v) is 7.92. The molecule has 104 valence electrons. The van der Waals surface area contributed by atoms with Crippen LogP contribution in [0.3, 0.4) is 0 Å². The maximum atomic E-state index is 4.23. The lowest BCUT2D eigenvalue weighted by Gasteiger charge is -2.24. The summed E-state index contributed by atoms with van der Waals surface area (Å²) in [7, 11) is 0. The van der Waals surface area contributed by atoms with Crippen LogP contribution in [0, 0.1) is 5.92 Å². The first-order valence-electron chi connectivity index (χ1n) is 7.03. The van der Waals surface area contributed by atoms with Crippen LogP contribution in [0.25, 0.3) is 0 Å². The van der Waals surface area contributed by atoms with Crippen molar-refractivity contribution in [3.63, 3.8) is 0 Å². The molecule has 1 atom stereocenters. The van der Waals surface area contributed by atoms with Crippen LogP contribution in [0.5, 0.6) is 0 Å². The van der Waals surface area contributed by atoms with Gasteiger partial charge in [-0.25, -0.2) is 0 Å². The maximum Gasteiger partial charge on any atom is 0.0635 e. The Hall–Kier alpha value is -0.570. The van der Waals surface area contributed by atoms with Crippen LogP contribution < -0.4 is 0 Å². The Morgan fingerprint density at radius 2 is 1.72 bits per heavy atom. The highest BCUT2D eigenvalue weighted by Crippen LogP contribution is 2.28. The Bertz CT molecular complexity index is 316. The molecule has 18 heavy (non-hydrogen) atoms. The molecule has 0 bridgehead atoms. The fraction of sp³-hybridized carbons (Fsp3) is 0.733. The average Bonchev–Trinajstić information content (AvgIpc) is 2.39.